The van der Waals surface area contributed by atoms with Crippen molar-refractivity contribution in [3.63, 3.8) is 0 Å². The first kappa shape index (κ1) is 19.8. The molecule has 6 nitrogen and oxygen atoms in total. The molecule has 1 N–H and O–H groups in total. The van der Waals surface area contributed by atoms with Crippen LogP contribution in [0.15, 0.2) is 40.9 Å². The molecule has 7 heteroatoms. The quantitative estimate of drug-likeness (QED) is 0.690. The number of anilines is 1. The molecule has 0 aliphatic heterocycles. The Labute approximate surface area is 160 Å². The molecule has 0 fully saturated rings. The van der Waals surface area contributed by atoms with E-state index < -0.39 is 18.5 Å². The SMILES string of the molecule is COc1cc(C)ccc1OCC(=O)OCC(=O)Nc1ccc(C)cc1Br. The molecule has 26 heavy (non-hydrogen) atoms. The molecule has 2 aromatic carbocycles. The Hall–Kier alpha value is -2.54. The third-order valence-electron chi connectivity index (χ3n) is 3.43. The Bertz CT molecular complexity index is 807. The second kappa shape index (κ2) is 9.24. The third-order valence-corrected chi connectivity index (χ3v) is 4.08. The predicted molar refractivity (Wildman–Crippen MR) is 102 cm³/mol. The van der Waals surface area contributed by atoms with E-state index in [1.807, 2.05) is 32.0 Å². The van der Waals surface area contributed by atoms with Gasteiger partial charge in [-0.3, -0.25) is 4.79 Å². The third kappa shape index (κ3) is 5.77. The summed E-state index contributed by atoms with van der Waals surface area (Å²) in [7, 11) is 1.52. The molecule has 138 valence electrons. The van der Waals surface area contributed by atoms with Crippen LogP contribution in [-0.2, 0) is 14.3 Å². The van der Waals surface area contributed by atoms with E-state index in [2.05, 4.69) is 21.2 Å². The van der Waals surface area contributed by atoms with Crippen molar-refractivity contribution in [2.24, 2.45) is 0 Å². The molecule has 0 aliphatic rings. The van der Waals surface area contributed by atoms with Crippen LogP contribution in [0.3, 0.4) is 0 Å². The van der Waals surface area contributed by atoms with Gasteiger partial charge in [-0.1, -0.05) is 12.1 Å². The van der Waals surface area contributed by atoms with Crippen molar-refractivity contribution in [3.05, 3.63) is 52.0 Å². The van der Waals surface area contributed by atoms with Gasteiger partial charge in [-0.25, -0.2) is 4.79 Å². The van der Waals surface area contributed by atoms with Crippen molar-refractivity contribution < 1.29 is 23.8 Å². The van der Waals surface area contributed by atoms with E-state index in [1.54, 1.807) is 18.2 Å². The molecular weight excluding hydrogens is 402 g/mol. The van der Waals surface area contributed by atoms with Crippen LogP contribution in [0.25, 0.3) is 0 Å². The molecule has 0 bridgehead atoms. The van der Waals surface area contributed by atoms with Crippen LogP contribution in [-0.4, -0.2) is 32.2 Å². The number of esters is 1. The monoisotopic (exact) mass is 421 g/mol. The molecule has 2 aromatic rings. The van der Waals surface area contributed by atoms with E-state index in [0.717, 1.165) is 15.6 Å². The number of hydrogen-bond acceptors (Lipinski definition) is 5. The van der Waals surface area contributed by atoms with Gasteiger partial charge in [-0.15, -0.1) is 0 Å². The molecule has 0 heterocycles. The lowest BCUT2D eigenvalue weighted by molar-refractivity contribution is -0.149. The summed E-state index contributed by atoms with van der Waals surface area (Å²) in [6, 6.07) is 10.9. The zero-order chi connectivity index (χ0) is 19.1. The summed E-state index contributed by atoms with van der Waals surface area (Å²) in [6.07, 6.45) is 0. The van der Waals surface area contributed by atoms with Crippen LogP contribution in [0, 0.1) is 13.8 Å². The van der Waals surface area contributed by atoms with Crippen LogP contribution >= 0.6 is 15.9 Å². The normalized spacial score (nSPS) is 10.2. The summed E-state index contributed by atoms with van der Waals surface area (Å²) in [5.41, 5.74) is 2.68. The maximum atomic E-state index is 11.9. The molecule has 2 rings (SSSR count). The lowest BCUT2D eigenvalue weighted by Gasteiger charge is -2.11. The number of rotatable bonds is 7. The fourth-order valence-electron chi connectivity index (χ4n) is 2.13. The minimum Gasteiger partial charge on any atom is -0.493 e. The predicted octanol–water partition coefficient (Wildman–Crippen LogP) is 3.64. The first-order chi connectivity index (χ1) is 12.4. The first-order valence-corrected chi connectivity index (χ1v) is 8.67. The van der Waals surface area contributed by atoms with Crippen molar-refractivity contribution in [1.29, 1.82) is 0 Å². The highest BCUT2D eigenvalue weighted by molar-refractivity contribution is 9.10. The summed E-state index contributed by atoms with van der Waals surface area (Å²) >= 11 is 3.37. The van der Waals surface area contributed by atoms with Gasteiger partial charge in [0, 0.05) is 4.47 Å². The topological polar surface area (TPSA) is 73.9 Å². The Kier molecular flexibility index (Phi) is 7.03. The highest BCUT2D eigenvalue weighted by atomic mass is 79.9. The summed E-state index contributed by atoms with van der Waals surface area (Å²) in [4.78, 5) is 23.7. The van der Waals surface area contributed by atoms with Crippen molar-refractivity contribution in [2.75, 3.05) is 25.6 Å². The fourth-order valence-corrected chi connectivity index (χ4v) is 2.72. The van der Waals surface area contributed by atoms with E-state index in [1.165, 1.54) is 7.11 Å². The number of methoxy groups -OCH3 is 1. The molecular formula is C19H20BrNO5. The number of nitrogens with one attached hydrogen (secondary N) is 1. The van der Waals surface area contributed by atoms with Crippen molar-refractivity contribution >= 4 is 33.5 Å². The minimum atomic E-state index is -0.647. The number of amides is 1. The van der Waals surface area contributed by atoms with E-state index >= 15 is 0 Å². The number of ether oxygens (including phenoxy) is 3. The standard InChI is InChI=1S/C19H20BrNO5/c1-12-4-6-15(14(20)8-12)21-18(22)10-26-19(23)11-25-16-7-5-13(2)9-17(16)24-3/h4-9H,10-11H2,1-3H3,(H,21,22). The summed E-state index contributed by atoms with van der Waals surface area (Å²) in [5.74, 6) is -0.121. The lowest BCUT2D eigenvalue weighted by Crippen LogP contribution is -2.23. The second-order valence-corrected chi connectivity index (χ2v) is 6.49. The molecule has 1 amide bonds. The first-order valence-electron chi connectivity index (χ1n) is 7.88. The van der Waals surface area contributed by atoms with E-state index in [9.17, 15) is 9.59 Å². The van der Waals surface area contributed by atoms with Crippen LogP contribution in [0.4, 0.5) is 5.69 Å². The van der Waals surface area contributed by atoms with Gasteiger partial charge in [0.2, 0.25) is 0 Å². The molecule has 0 spiro atoms. The molecule has 0 aliphatic carbocycles. The van der Waals surface area contributed by atoms with Gasteiger partial charge in [0.05, 0.1) is 12.8 Å². The van der Waals surface area contributed by atoms with Crippen LogP contribution in [0.1, 0.15) is 11.1 Å². The van der Waals surface area contributed by atoms with Crippen molar-refractivity contribution in [2.45, 2.75) is 13.8 Å². The van der Waals surface area contributed by atoms with E-state index in [4.69, 9.17) is 14.2 Å². The molecule has 0 saturated carbocycles. The average molecular weight is 422 g/mol. The molecule has 0 atom stereocenters. The number of aryl methyl sites for hydroxylation is 2. The van der Waals surface area contributed by atoms with Gasteiger partial charge in [0.15, 0.2) is 24.7 Å². The molecule has 0 aromatic heterocycles. The second-order valence-electron chi connectivity index (χ2n) is 5.64. The Morgan fingerprint density at radius 2 is 1.69 bits per heavy atom. The van der Waals surface area contributed by atoms with Crippen LogP contribution in [0.5, 0.6) is 11.5 Å². The average Bonchev–Trinajstić information content (AvgIpc) is 2.61. The fraction of sp³-hybridized carbons (Fsp3) is 0.263. The van der Waals surface area contributed by atoms with E-state index in [0.29, 0.717) is 17.2 Å². The molecule has 0 radical (unpaired) electrons. The smallest absolute Gasteiger partial charge is 0.344 e. The Morgan fingerprint density at radius 3 is 2.38 bits per heavy atom. The summed E-state index contributed by atoms with van der Waals surface area (Å²) < 4.78 is 16.3. The van der Waals surface area contributed by atoms with E-state index in [-0.39, 0.29) is 6.61 Å². The molecule has 0 saturated heterocycles. The number of carbonyl (C=O) groups is 2. The maximum absolute atomic E-state index is 11.9. The van der Waals surface area contributed by atoms with Crippen molar-refractivity contribution in [3.8, 4) is 11.5 Å². The van der Waals surface area contributed by atoms with Gasteiger partial charge >= 0.3 is 5.97 Å². The summed E-state index contributed by atoms with van der Waals surface area (Å²) in [5, 5.41) is 2.67. The number of carbonyl (C=O) groups excluding carboxylic acids is 2. The largest absolute Gasteiger partial charge is 0.493 e. The molecule has 0 unspecified atom stereocenters. The van der Waals surface area contributed by atoms with Gasteiger partial charge in [0.1, 0.15) is 0 Å². The Morgan fingerprint density at radius 1 is 1.00 bits per heavy atom. The van der Waals surface area contributed by atoms with Gasteiger partial charge in [0.25, 0.3) is 5.91 Å². The maximum Gasteiger partial charge on any atom is 0.344 e. The number of hydrogen-bond donors (Lipinski definition) is 1. The Balaban J connectivity index is 1.80. The van der Waals surface area contributed by atoms with Crippen molar-refractivity contribution in [1.82, 2.24) is 0 Å². The number of benzene rings is 2. The van der Waals surface area contributed by atoms with Crippen LogP contribution < -0.4 is 14.8 Å². The van der Waals surface area contributed by atoms with Gasteiger partial charge < -0.3 is 19.5 Å². The zero-order valence-corrected chi connectivity index (χ0v) is 16.4. The highest BCUT2D eigenvalue weighted by Crippen LogP contribution is 2.27. The number of halogens is 1. The zero-order valence-electron chi connectivity index (χ0n) is 14.8. The van der Waals surface area contributed by atoms with Gasteiger partial charge in [-0.05, 0) is 65.2 Å². The van der Waals surface area contributed by atoms with Crippen LogP contribution in [0.2, 0.25) is 0 Å². The lowest BCUT2D eigenvalue weighted by atomic mass is 10.2. The minimum absolute atomic E-state index is 0.319. The summed E-state index contributed by atoms with van der Waals surface area (Å²) in [6.45, 7) is 3.15. The highest BCUT2D eigenvalue weighted by Gasteiger charge is 2.12. The van der Waals surface area contributed by atoms with Gasteiger partial charge in [-0.2, -0.15) is 0 Å².